The lowest BCUT2D eigenvalue weighted by Crippen LogP contribution is -2.20. The van der Waals surface area contributed by atoms with E-state index >= 15 is 0 Å². The van der Waals surface area contributed by atoms with Crippen molar-refractivity contribution in [1.29, 1.82) is 0 Å². The van der Waals surface area contributed by atoms with Gasteiger partial charge in [-0.2, -0.15) is 0 Å². The molecule has 2 aromatic rings. The van der Waals surface area contributed by atoms with Crippen LogP contribution in [-0.2, 0) is 0 Å². The van der Waals surface area contributed by atoms with E-state index in [9.17, 15) is 13.2 Å². The standard InChI is InChI=1S/C12H11F3N2OS/c1-7-17-9(6-19-7)11(16)8-4-2-3-5-10(8)18-12(13,14)15/h2-6,11H,16H2,1H3. The van der Waals surface area contributed by atoms with Gasteiger partial charge in [-0.25, -0.2) is 4.98 Å². The Hall–Kier alpha value is -1.60. The number of hydrogen-bond donors (Lipinski definition) is 1. The zero-order chi connectivity index (χ0) is 14.0. The molecule has 1 aromatic carbocycles. The summed E-state index contributed by atoms with van der Waals surface area (Å²) in [5, 5.41) is 2.53. The Bertz CT molecular complexity index is 568. The second-order valence-electron chi connectivity index (χ2n) is 3.85. The normalized spacial score (nSPS) is 13.3. The summed E-state index contributed by atoms with van der Waals surface area (Å²) in [6.45, 7) is 1.80. The number of benzene rings is 1. The van der Waals surface area contributed by atoms with Gasteiger partial charge in [-0.1, -0.05) is 18.2 Å². The SMILES string of the molecule is Cc1nc(C(N)c2ccccc2OC(F)(F)F)cs1. The van der Waals surface area contributed by atoms with Crippen LogP contribution in [0.1, 0.15) is 22.3 Å². The minimum atomic E-state index is -4.74. The summed E-state index contributed by atoms with van der Waals surface area (Å²) < 4.78 is 40.9. The van der Waals surface area contributed by atoms with Gasteiger partial charge in [-0.05, 0) is 13.0 Å². The summed E-state index contributed by atoms with van der Waals surface area (Å²) in [5.74, 6) is -0.298. The topological polar surface area (TPSA) is 48.1 Å². The molecule has 19 heavy (non-hydrogen) atoms. The van der Waals surface area contributed by atoms with E-state index in [-0.39, 0.29) is 11.3 Å². The van der Waals surface area contributed by atoms with Crippen LogP contribution in [0.3, 0.4) is 0 Å². The van der Waals surface area contributed by atoms with Crippen molar-refractivity contribution in [1.82, 2.24) is 4.98 Å². The van der Waals surface area contributed by atoms with Gasteiger partial charge in [0.15, 0.2) is 0 Å². The van der Waals surface area contributed by atoms with Crippen LogP contribution in [0.25, 0.3) is 0 Å². The average molecular weight is 288 g/mol. The molecule has 1 heterocycles. The van der Waals surface area contributed by atoms with Crippen LogP contribution in [0.15, 0.2) is 29.6 Å². The molecular formula is C12H11F3N2OS. The van der Waals surface area contributed by atoms with Gasteiger partial charge in [-0.15, -0.1) is 24.5 Å². The first-order valence-electron chi connectivity index (χ1n) is 5.39. The van der Waals surface area contributed by atoms with E-state index in [2.05, 4.69) is 9.72 Å². The van der Waals surface area contributed by atoms with Gasteiger partial charge in [0.25, 0.3) is 0 Å². The number of para-hydroxylation sites is 1. The smallest absolute Gasteiger partial charge is 0.405 e. The molecule has 1 unspecified atom stereocenters. The molecule has 0 fully saturated rings. The van der Waals surface area contributed by atoms with Crippen molar-refractivity contribution in [3.05, 3.63) is 45.9 Å². The van der Waals surface area contributed by atoms with Crippen LogP contribution in [0, 0.1) is 6.92 Å². The molecule has 0 amide bonds. The number of thiazole rings is 1. The number of halogens is 3. The molecular weight excluding hydrogens is 277 g/mol. The van der Waals surface area contributed by atoms with E-state index in [4.69, 9.17) is 5.73 Å². The first kappa shape index (κ1) is 13.8. The lowest BCUT2D eigenvalue weighted by Gasteiger charge is -2.16. The molecule has 102 valence electrons. The summed E-state index contributed by atoms with van der Waals surface area (Å²) in [6, 6.07) is 5.06. The van der Waals surface area contributed by atoms with Gasteiger partial charge >= 0.3 is 6.36 Å². The maximum Gasteiger partial charge on any atom is 0.573 e. The molecule has 0 saturated heterocycles. The Balaban J connectivity index is 2.34. The van der Waals surface area contributed by atoms with Crippen LogP contribution in [0.5, 0.6) is 5.75 Å². The van der Waals surface area contributed by atoms with Gasteiger partial charge in [0.1, 0.15) is 5.75 Å². The summed E-state index contributed by atoms with van der Waals surface area (Å²) >= 11 is 1.39. The number of rotatable bonds is 3. The number of aryl methyl sites for hydroxylation is 1. The third-order valence-corrected chi connectivity index (χ3v) is 3.23. The number of nitrogens with zero attached hydrogens (tertiary/aromatic N) is 1. The molecule has 0 saturated carbocycles. The second kappa shape index (κ2) is 5.18. The second-order valence-corrected chi connectivity index (χ2v) is 4.92. The van der Waals surface area contributed by atoms with Gasteiger partial charge < -0.3 is 10.5 Å². The summed E-state index contributed by atoms with van der Waals surface area (Å²) in [4.78, 5) is 4.18. The first-order valence-corrected chi connectivity index (χ1v) is 6.27. The Morgan fingerprint density at radius 3 is 2.58 bits per heavy atom. The zero-order valence-corrected chi connectivity index (χ0v) is 10.8. The van der Waals surface area contributed by atoms with Crippen LogP contribution >= 0.6 is 11.3 Å². The molecule has 2 N–H and O–H groups in total. The van der Waals surface area contributed by atoms with Crippen molar-refractivity contribution >= 4 is 11.3 Å². The number of alkyl halides is 3. The molecule has 1 atom stereocenters. The predicted octanol–water partition coefficient (Wildman–Crippen LogP) is 3.40. The van der Waals surface area contributed by atoms with Crippen molar-refractivity contribution in [3.8, 4) is 5.75 Å². The molecule has 1 aromatic heterocycles. The third-order valence-electron chi connectivity index (χ3n) is 2.44. The molecule has 0 radical (unpaired) electrons. The van der Waals surface area contributed by atoms with Gasteiger partial charge in [0, 0.05) is 10.9 Å². The number of nitrogens with two attached hydrogens (primary N) is 1. The quantitative estimate of drug-likeness (QED) is 0.941. The van der Waals surface area contributed by atoms with E-state index < -0.39 is 12.4 Å². The molecule has 7 heteroatoms. The first-order chi connectivity index (χ1) is 8.87. The van der Waals surface area contributed by atoms with E-state index in [0.717, 1.165) is 5.01 Å². The number of ether oxygens (including phenoxy) is 1. The van der Waals surface area contributed by atoms with E-state index in [1.165, 1.54) is 29.5 Å². The third kappa shape index (κ3) is 3.45. The molecule has 2 rings (SSSR count). The van der Waals surface area contributed by atoms with Crippen molar-refractivity contribution in [3.63, 3.8) is 0 Å². The summed E-state index contributed by atoms with van der Waals surface area (Å²) in [6.07, 6.45) is -4.74. The maximum absolute atomic E-state index is 12.3. The highest BCUT2D eigenvalue weighted by atomic mass is 32.1. The molecule has 0 aliphatic rings. The maximum atomic E-state index is 12.3. The minimum absolute atomic E-state index is 0.255. The lowest BCUT2D eigenvalue weighted by atomic mass is 10.0. The monoisotopic (exact) mass is 288 g/mol. The average Bonchev–Trinajstić information content (AvgIpc) is 2.74. The van der Waals surface area contributed by atoms with Crippen molar-refractivity contribution < 1.29 is 17.9 Å². The Morgan fingerprint density at radius 2 is 2.00 bits per heavy atom. The predicted molar refractivity (Wildman–Crippen MR) is 66.0 cm³/mol. The number of aromatic nitrogens is 1. The van der Waals surface area contributed by atoms with Crippen LogP contribution < -0.4 is 10.5 Å². The molecule has 0 bridgehead atoms. The van der Waals surface area contributed by atoms with Crippen molar-refractivity contribution in [2.45, 2.75) is 19.3 Å². The van der Waals surface area contributed by atoms with E-state index in [1.54, 1.807) is 18.4 Å². The van der Waals surface area contributed by atoms with Crippen LogP contribution in [0.2, 0.25) is 0 Å². The minimum Gasteiger partial charge on any atom is -0.405 e. The Kier molecular flexibility index (Phi) is 3.77. The fraction of sp³-hybridized carbons (Fsp3) is 0.250. The zero-order valence-electron chi connectivity index (χ0n) is 9.94. The van der Waals surface area contributed by atoms with Gasteiger partial charge in [0.05, 0.1) is 16.7 Å². The summed E-state index contributed by atoms with van der Waals surface area (Å²) in [5.41, 5.74) is 6.73. The highest BCUT2D eigenvalue weighted by Gasteiger charge is 2.32. The highest BCUT2D eigenvalue weighted by molar-refractivity contribution is 7.09. The Morgan fingerprint density at radius 1 is 1.32 bits per heavy atom. The van der Waals surface area contributed by atoms with E-state index in [0.29, 0.717) is 5.69 Å². The largest absolute Gasteiger partial charge is 0.573 e. The molecule has 3 nitrogen and oxygen atoms in total. The molecule has 0 aliphatic carbocycles. The van der Waals surface area contributed by atoms with Crippen LogP contribution in [0.4, 0.5) is 13.2 Å². The Labute approximate surface area is 111 Å². The molecule has 0 spiro atoms. The summed E-state index contributed by atoms with van der Waals surface area (Å²) in [7, 11) is 0. The van der Waals surface area contributed by atoms with Crippen molar-refractivity contribution in [2.75, 3.05) is 0 Å². The van der Waals surface area contributed by atoms with Crippen LogP contribution in [-0.4, -0.2) is 11.3 Å². The van der Waals surface area contributed by atoms with Crippen molar-refractivity contribution in [2.24, 2.45) is 5.73 Å². The van der Waals surface area contributed by atoms with E-state index in [1.807, 2.05) is 0 Å². The van der Waals surface area contributed by atoms with Gasteiger partial charge in [0.2, 0.25) is 0 Å². The number of hydrogen-bond acceptors (Lipinski definition) is 4. The molecule has 0 aliphatic heterocycles. The highest BCUT2D eigenvalue weighted by Crippen LogP contribution is 2.32. The fourth-order valence-electron chi connectivity index (χ4n) is 1.64. The lowest BCUT2D eigenvalue weighted by molar-refractivity contribution is -0.274. The van der Waals surface area contributed by atoms with Gasteiger partial charge in [-0.3, -0.25) is 0 Å². The fourth-order valence-corrected chi connectivity index (χ4v) is 2.29.